The summed E-state index contributed by atoms with van der Waals surface area (Å²) in [5.74, 6) is 0.494. The summed E-state index contributed by atoms with van der Waals surface area (Å²) in [6.07, 6.45) is 1.77. The van der Waals surface area contributed by atoms with E-state index in [0.717, 1.165) is 34.9 Å². The van der Waals surface area contributed by atoms with Gasteiger partial charge in [0.2, 0.25) is 0 Å². The number of aliphatic hydroxyl groups is 1. The van der Waals surface area contributed by atoms with Crippen LogP contribution in [0.3, 0.4) is 0 Å². The predicted octanol–water partition coefficient (Wildman–Crippen LogP) is 3.06. The Labute approximate surface area is 123 Å². The second-order valence-corrected chi connectivity index (χ2v) is 6.31. The minimum atomic E-state index is 0.0589. The Bertz CT molecular complexity index is 451. The SMILES string of the molecule is O=C(c1cc(Br)ccc1Br)N1CCC(CCO)C1. The number of amides is 1. The highest BCUT2D eigenvalue weighted by Gasteiger charge is 2.27. The zero-order valence-corrected chi connectivity index (χ0v) is 13.1. The molecule has 0 radical (unpaired) electrons. The van der Waals surface area contributed by atoms with Crippen LogP contribution in [0.1, 0.15) is 23.2 Å². The van der Waals surface area contributed by atoms with Gasteiger partial charge in [-0.3, -0.25) is 4.79 Å². The van der Waals surface area contributed by atoms with E-state index in [-0.39, 0.29) is 12.5 Å². The largest absolute Gasteiger partial charge is 0.396 e. The summed E-state index contributed by atoms with van der Waals surface area (Å²) in [7, 11) is 0. The lowest BCUT2D eigenvalue weighted by atomic mass is 10.1. The molecular weight excluding hydrogens is 362 g/mol. The highest BCUT2D eigenvalue weighted by atomic mass is 79.9. The molecule has 1 aliphatic heterocycles. The minimum Gasteiger partial charge on any atom is -0.396 e. The number of carbonyl (C=O) groups is 1. The van der Waals surface area contributed by atoms with Gasteiger partial charge in [0.05, 0.1) is 5.56 Å². The predicted molar refractivity (Wildman–Crippen MR) is 77.6 cm³/mol. The van der Waals surface area contributed by atoms with Crippen molar-refractivity contribution in [2.24, 2.45) is 5.92 Å². The zero-order chi connectivity index (χ0) is 13.1. The molecule has 1 saturated heterocycles. The van der Waals surface area contributed by atoms with Crippen molar-refractivity contribution >= 4 is 37.8 Å². The van der Waals surface area contributed by atoms with E-state index >= 15 is 0 Å². The molecule has 18 heavy (non-hydrogen) atoms. The summed E-state index contributed by atoms with van der Waals surface area (Å²) in [4.78, 5) is 14.3. The maximum atomic E-state index is 12.4. The standard InChI is InChI=1S/C13H15Br2NO2/c14-10-1-2-12(15)11(7-10)13(18)16-5-3-9(8-16)4-6-17/h1-2,7,9,17H,3-6,8H2. The second-order valence-electron chi connectivity index (χ2n) is 4.54. The van der Waals surface area contributed by atoms with E-state index in [0.29, 0.717) is 11.5 Å². The van der Waals surface area contributed by atoms with Gasteiger partial charge in [-0.2, -0.15) is 0 Å². The van der Waals surface area contributed by atoms with Gasteiger partial charge in [0.25, 0.3) is 5.91 Å². The van der Waals surface area contributed by atoms with Gasteiger partial charge in [-0.1, -0.05) is 15.9 Å². The zero-order valence-electron chi connectivity index (χ0n) is 9.90. The van der Waals surface area contributed by atoms with Crippen molar-refractivity contribution in [1.29, 1.82) is 0 Å². The van der Waals surface area contributed by atoms with Crippen LogP contribution in [0.15, 0.2) is 27.1 Å². The average molecular weight is 377 g/mol. The van der Waals surface area contributed by atoms with Gasteiger partial charge in [0, 0.05) is 28.6 Å². The third-order valence-electron chi connectivity index (χ3n) is 3.27. The molecule has 1 atom stereocenters. The lowest BCUT2D eigenvalue weighted by Crippen LogP contribution is -2.29. The molecule has 1 aromatic rings. The number of carbonyl (C=O) groups excluding carboxylic acids is 1. The maximum Gasteiger partial charge on any atom is 0.255 e. The summed E-state index contributed by atoms with van der Waals surface area (Å²) >= 11 is 6.80. The summed E-state index contributed by atoms with van der Waals surface area (Å²) in [6.45, 7) is 1.73. The topological polar surface area (TPSA) is 40.5 Å². The molecule has 98 valence electrons. The first-order chi connectivity index (χ1) is 8.61. The first-order valence-electron chi connectivity index (χ1n) is 5.97. The van der Waals surface area contributed by atoms with Crippen molar-refractivity contribution in [1.82, 2.24) is 4.90 Å². The first-order valence-corrected chi connectivity index (χ1v) is 7.55. The van der Waals surface area contributed by atoms with Crippen LogP contribution in [0.25, 0.3) is 0 Å². The van der Waals surface area contributed by atoms with Crippen LogP contribution in [0.2, 0.25) is 0 Å². The van der Waals surface area contributed by atoms with Crippen molar-refractivity contribution in [2.75, 3.05) is 19.7 Å². The van der Waals surface area contributed by atoms with Gasteiger partial charge in [0.15, 0.2) is 0 Å². The Kier molecular flexibility index (Phi) is 4.81. The molecule has 1 aliphatic rings. The van der Waals surface area contributed by atoms with Crippen LogP contribution in [0.5, 0.6) is 0 Å². The molecule has 1 heterocycles. The molecule has 1 N–H and O–H groups in total. The number of rotatable bonds is 3. The number of likely N-dealkylation sites (tertiary alicyclic amines) is 1. The molecule has 2 rings (SSSR count). The number of nitrogens with zero attached hydrogens (tertiary/aromatic N) is 1. The molecular formula is C13H15Br2NO2. The number of hydrogen-bond acceptors (Lipinski definition) is 2. The van der Waals surface area contributed by atoms with Gasteiger partial charge in [-0.15, -0.1) is 0 Å². The summed E-state index contributed by atoms with van der Waals surface area (Å²) in [5, 5.41) is 8.93. The van der Waals surface area contributed by atoms with E-state index < -0.39 is 0 Å². The Hall–Kier alpha value is -0.390. The minimum absolute atomic E-state index is 0.0589. The van der Waals surface area contributed by atoms with Crippen molar-refractivity contribution in [3.63, 3.8) is 0 Å². The van der Waals surface area contributed by atoms with Crippen LogP contribution >= 0.6 is 31.9 Å². The van der Waals surface area contributed by atoms with Crippen LogP contribution in [-0.4, -0.2) is 35.6 Å². The fourth-order valence-electron chi connectivity index (χ4n) is 2.27. The van der Waals surface area contributed by atoms with Gasteiger partial charge < -0.3 is 10.0 Å². The number of hydrogen-bond donors (Lipinski definition) is 1. The number of benzene rings is 1. The Morgan fingerprint density at radius 2 is 2.22 bits per heavy atom. The average Bonchev–Trinajstić information content (AvgIpc) is 2.80. The molecule has 5 heteroatoms. The maximum absolute atomic E-state index is 12.4. The molecule has 1 unspecified atom stereocenters. The van der Waals surface area contributed by atoms with Gasteiger partial charge in [-0.25, -0.2) is 0 Å². The molecule has 0 aromatic heterocycles. The molecule has 0 saturated carbocycles. The van der Waals surface area contributed by atoms with Crippen molar-refractivity contribution in [3.05, 3.63) is 32.7 Å². The Morgan fingerprint density at radius 1 is 1.44 bits per heavy atom. The van der Waals surface area contributed by atoms with E-state index in [4.69, 9.17) is 5.11 Å². The molecule has 0 spiro atoms. The van der Waals surface area contributed by atoms with Gasteiger partial charge in [-0.05, 0) is 52.9 Å². The van der Waals surface area contributed by atoms with Crippen LogP contribution < -0.4 is 0 Å². The molecule has 0 bridgehead atoms. The van der Waals surface area contributed by atoms with Gasteiger partial charge in [0.1, 0.15) is 0 Å². The van der Waals surface area contributed by atoms with Crippen LogP contribution in [0.4, 0.5) is 0 Å². The lowest BCUT2D eigenvalue weighted by molar-refractivity contribution is 0.0784. The van der Waals surface area contributed by atoms with Crippen LogP contribution in [0, 0.1) is 5.92 Å². The highest BCUT2D eigenvalue weighted by Crippen LogP contribution is 2.26. The number of aliphatic hydroxyl groups excluding tert-OH is 1. The second kappa shape index (κ2) is 6.17. The highest BCUT2D eigenvalue weighted by molar-refractivity contribution is 9.11. The van der Waals surface area contributed by atoms with Crippen LogP contribution in [-0.2, 0) is 0 Å². The lowest BCUT2D eigenvalue weighted by Gasteiger charge is -2.17. The molecule has 1 amide bonds. The van der Waals surface area contributed by atoms with E-state index in [9.17, 15) is 4.79 Å². The summed E-state index contributed by atoms with van der Waals surface area (Å²) in [6, 6.07) is 5.61. The third-order valence-corrected chi connectivity index (χ3v) is 4.45. The smallest absolute Gasteiger partial charge is 0.255 e. The van der Waals surface area contributed by atoms with Crippen molar-refractivity contribution < 1.29 is 9.90 Å². The van der Waals surface area contributed by atoms with Crippen molar-refractivity contribution in [3.8, 4) is 0 Å². The summed E-state index contributed by atoms with van der Waals surface area (Å²) < 4.78 is 1.72. The third kappa shape index (κ3) is 3.13. The molecule has 1 fully saturated rings. The molecule has 3 nitrogen and oxygen atoms in total. The van der Waals surface area contributed by atoms with E-state index in [1.165, 1.54) is 0 Å². The fourth-order valence-corrected chi connectivity index (χ4v) is 3.04. The Balaban J connectivity index is 2.10. The van der Waals surface area contributed by atoms with Gasteiger partial charge >= 0.3 is 0 Å². The van der Waals surface area contributed by atoms with Crippen molar-refractivity contribution in [2.45, 2.75) is 12.8 Å². The van der Waals surface area contributed by atoms with E-state index in [2.05, 4.69) is 31.9 Å². The normalized spacial score (nSPS) is 19.3. The monoisotopic (exact) mass is 375 g/mol. The molecule has 1 aromatic carbocycles. The number of halogens is 2. The molecule has 0 aliphatic carbocycles. The quantitative estimate of drug-likeness (QED) is 0.880. The fraction of sp³-hybridized carbons (Fsp3) is 0.462. The Morgan fingerprint density at radius 3 is 2.94 bits per heavy atom. The first kappa shape index (κ1) is 14.0. The van der Waals surface area contributed by atoms with E-state index in [1.807, 2.05) is 23.1 Å². The summed E-state index contributed by atoms with van der Waals surface area (Å²) in [5.41, 5.74) is 0.689. The van der Waals surface area contributed by atoms with E-state index in [1.54, 1.807) is 0 Å².